The molecule has 5 nitrogen and oxygen atoms in total. The van der Waals surface area contributed by atoms with Crippen LogP contribution in [0.4, 0.5) is 0 Å². The molecule has 130 valence electrons. The number of hydrogen-bond donors (Lipinski definition) is 2. The zero-order valence-electron chi connectivity index (χ0n) is 14.3. The number of rotatable bonds is 6. The summed E-state index contributed by atoms with van der Waals surface area (Å²) in [5, 5.41) is 6.76. The molecular formula is C17H30IN5. The maximum absolute atomic E-state index is 4.32. The van der Waals surface area contributed by atoms with Gasteiger partial charge in [0.15, 0.2) is 5.96 Å². The normalized spacial score (nSPS) is 15.8. The maximum Gasteiger partial charge on any atom is 0.191 e. The molecule has 0 atom stereocenters. The lowest BCUT2D eigenvalue weighted by Gasteiger charge is -2.26. The number of nitrogens with zero attached hydrogens (tertiary/aromatic N) is 3. The topological polar surface area (TPSA) is 52.6 Å². The van der Waals surface area contributed by atoms with Gasteiger partial charge in [-0.05, 0) is 50.9 Å². The average Bonchev–Trinajstić information content (AvgIpc) is 2.56. The minimum absolute atomic E-state index is 0. The third-order valence-corrected chi connectivity index (χ3v) is 4.07. The van der Waals surface area contributed by atoms with Gasteiger partial charge in [-0.25, -0.2) is 0 Å². The van der Waals surface area contributed by atoms with E-state index in [1.54, 1.807) is 0 Å². The van der Waals surface area contributed by atoms with Gasteiger partial charge in [0.25, 0.3) is 0 Å². The Morgan fingerprint density at radius 2 is 1.91 bits per heavy atom. The number of likely N-dealkylation sites (tertiary alicyclic amines) is 1. The Bertz CT molecular complexity index is 455. The molecule has 0 amide bonds. The van der Waals surface area contributed by atoms with Crippen molar-refractivity contribution in [3.8, 4) is 0 Å². The van der Waals surface area contributed by atoms with Gasteiger partial charge in [0.1, 0.15) is 0 Å². The van der Waals surface area contributed by atoms with Gasteiger partial charge in [0.05, 0.1) is 0 Å². The minimum atomic E-state index is 0. The average molecular weight is 431 g/mol. The van der Waals surface area contributed by atoms with Crippen molar-refractivity contribution < 1.29 is 0 Å². The van der Waals surface area contributed by atoms with Crippen molar-refractivity contribution in [2.24, 2.45) is 4.99 Å². The molecule has 1 aliphatic heterocycles. The molecule has 0 spiro atoms. The summed E-state index contributed by atoms with van der Waals surface area (Å²) in [4.78, 5) is 11.1. The Kier molecular flexibility index (Phi) is 10.2. The zero-order chi connectivity index (χ0) is 15.6. The van der Waals surface area contributed by atoms with E-state index in [0.29, 0.717) is 0 Å². The number of nitrogens with one attached hydrogen (secondary N) is 2. The first kappa shape index (κ1) is 20.2. The third-order valence-electron chi connectivity index (χ3n) is 4.07. The van der Waals surface area contributed by atoms with Crippen LogP contribution >= 0.6 is 24.0 Å². The van der Waals surface area contributed by atoms with Crippen molar-refractivity contribution in [3.63, 3.8) is 0 Å². The van der Waals surface area contributed by atoms with Gasteiger partial charge in [-0.3, -0.25) is 9.98 Å². The summed E-state index contributed by atoms with van der Waals surface area (Å²) in [6.07, 6.45) is 6.99. The predicted molar refractivity (Wildman–Crippen MR) is 108 cm³/mol. The second kappa shape index (κ2) is 11.6. The first-order valence-electron chi connectivity index (χ1n) is 8.36. The van der Waals surface area contributed by atoms with E-state index in [2.05, 4.69) is 37.6 Å². The first-order chi connectivity index (χ1) is 10.8. The molecule has 1 aliphatic rings. The van der Waals surface area contributed by atoms with E-state index in [-0.39, 0.29) is 24.0 Å². The Hall–Kier alpha value is -0.890. The van der Waals surface area contributed by atoms with E-state index in [1.807, 2.05) is 20.2 Å². The number of aryl methyl sites for hydroxylation is 1. The van der Waals surface area contributed by atoms with Gasteiger partial charge in [0.2, 0.25) is 0 Å². The van der Waals surface area contributed by atoms with Crippen LogP contribution in [0.25, 0.3) is 0 Å². The van der Waals surface area contributed by atoms with Gasteiger partial charge in [0, 0.05) is 38.6 Å². The summed E-state index contributed by atoms with van der Waals surface area (Å²) in [7, 11) is 1.82. The predicted octanol–water partition coefficient (Wildman–Crippen LogP) is 2.20. The van der Waals surface area contributed by atoms with Crippen LogP contribution in [0.2, 0.25) is 0 Å². The molecule has 2 rings (SSSR count). The van der Waals surface area contributed by atoms with Crippen molar-refractivity contribution in [1.29, 1.82) is 0 Å². The van der Waals surface area contributed by atoms with E-state index in [9.17, 15) is 0 Å². The number of aliphatic imine (C=N–C) groups is 1. The molecule has 2 heterocycles. The van der Waals surface area contributed by atoms with E-state index in [0.717, 1.165) is 37.7 Å². The summed E-state index contributed by atoms with van der Waals surface area (Å²) in [6, 6.07) is 4.19. The van der Waals surface area contributed by atoms with Crippen LogP contribution in [-0.2, 0) is 6.42 Å². The second-order valence-corrected chi connectivity index (χ2v) is 5.89. The molecule has 0 radical (unpaired) electrons. The van der Waals surface area contributed by atoms with Gasteiger partial charge in [-0.15, -0.1) is 24.0 Å². The van der Waals surface area contributed by atoms with E-state index in [4.69, 9.17) is 0 Å². The van der Waals surface area contributed by atoms with Crippen LogP contribution in [-0.4, -0.2) is 55.6 Å². The molecule has 1 saturated heterocycles. The van der Waals surface area contributed by atoms with Crippen LogP contribution in [0.5, 0.6) is 0 Å². The van der Waals surface area contributed by atoms with Crippen LogP contribution in [0.3, 0.4) is 0 Å². The summed E-state index contributed by atoms with van der Waals surface area (Å²) < 4.78 is 0. The second-order valence-electron chi connectivity index (χ2n) is 5.89. The van der Waals surface area contributed by atoms with Crippen molar-refractivity contribution in [2.45, 2.75) is 32.6 Å². The molecule has 1 fully saturated rings. The molecule has 2 N–H and O–H groups in total. The number of hydrogen-bond acceptors (Lipinski definition) is 3. The van der Waals surface area contributed by atoms with Crippen molar-refractivity contribution in [1.82, 2.24) is 20.5 Å². The van der Waals surface area contributed by atoms with Crippen LogP contribution in [0.15, 0.2) is 23.3 Å². The maximum atomic E-state index is 4.32. The molecule has 0 unspecified atom stereocenters. The zero-order valence-corrected chi connectivity index (χ0v) is 16.7. The van der Waals surface area contributed by atoms with Gasteiger partial charge in [-0.1, -0.05) is 12.5 Å². The largest absolute Gasteiger partial charge is 0.356 e. The molecule has 1 aromatic heterocycles. The first-order valence-corrected chi connectivity index (χ1v) is 8.36. The third kappa shape index (κ3) is 7.97. The highest BCUT2D eigenvalue weighted by Crippen LogP contribution is 2.07. The molecule has 1 aromatic rings. The summed E-state index contributed by atoms with van der Waals surface area (Å²) >= 11 is 0. The molecular weight excluding hydrogens is 401 g/mol. The molecule has 0 aromatic carbocycles. The number of halogens is 1. The fourth-order valence-corrected chi connectivity index (χ4v) is 2.71. The fraction of sp³-hybridized carbons (Fsp3) is 0.647. The van der Waals surface area contributed by atoms with Crippen molar-refractivity contribution in [3.05, 3.63) is 29.6 Å². The molecule has 0 aliphatic carbocycles. The summed E-state index contributed by atoms with van der Waals surface area (Å²) in [6.45, 7) is 7.42. The minimum Gasteiger partial charge on any atom is -0.356 e. The smallest absolute Gasteiger partial charge is 0.191 e. The number of piperidine rings is 1. The van der Waals surface area contributed by atoms with Gasteiger partial charge >= 0.3 is 0 Å². The van der Waals surface area contributed by atoms with E-state index >= 15 is 0 Å². The Balaban J connectivity index is 0.00000264. The highest BCUT2D eigenvalue weighted by molar-refractivity contribution is 14.0. The van der Waals surface area contributed by atoms with Crippen LogP contribution < -0.4 is 10.6 Å². The molecule has 0 saturated carbocycles. The Labute approximate surface area is 157 Å². The molecule has 6 heteroatoms. The van der Waals surface area contributed by atoms with Gasteiger partial charge < -0.3 is 15.5 Å². The van der Waals surface area contributed by atoms with Crippen LogP contribution in [0.1, 0.15) is 30.5 Å². The fourth-order valence-electron chi connectivity index (χ4n) is 2.71. The lowest BCUT2D eigenvalue weighted by molar-refractivity contribution is 0.232. The summed E-state index contributed by atoms with van der Waals surface area (Å²) in [5.74, 6) is 0.886. The van der Waals surface area contributed by atoms with E-state index < -0.39 is 0 Å². The van der Waals surface area contributed by atoms with Crippen molar-refractivity contribution >= 4 is 29.9 Å². The highest BCUT2D eigenvalue weighted by Gasteiger charge is 2.09. The summed E-state index contributed by atoms with van der Waals surface area (Å²) in [5.41, 5.74) is 2.31. The Morgan fingerprint density at radius 1 is 1.17 bits per heavy atom. The number of guanidine groups is 1. The molecule has 23 heavy (non-hydrogen) atoms. The van der Waals surface area contributed by atoms with Crippen molar-refractivity contribution in [2.75, 3.05) is 39.8 Å². The quantitative estimate of drug-likeness (QED) is 0.412. The molecule has 0 bridgehead atoms. The standard InChI is InChI=1S/C17H29N5.HI/c1-15-6-7-16(14-21-15)8-9-19-17(18-2)20-10-13-22-11-4-3-5-12-22;/h6-7,14H,3-5,8-13H2,1-2H3,(H2,18,19,20);1H. The number of pyridine rings is 1. The van der Waals surface area contributed by atoms with Crippen LogP contribution in [0, 0.1) is 6.92 Å². The lowest BCUT2D eigenvalue weighted by Crippen LogP contribution is -2.43. The lowest BCUT2D eigenvalue weighted by atomic mass is 10.1. The monoisotopic (exact) mass is 431 g/mol. The van der Waals surface area contributed by atoms with E-state index in [1.165, 1.54) is 37.9 Å². The highest BCUT2D eigenvalue weighted by atomic mass is 127. The SMILES string of the molecule is CN=C(NCCc1ccc(C)nc1)NCCN1CCCCC1.I. The number of aromatic nitrogens is 1. The Morgan fingerprint density at radius 3 is 2.57 bits per heavy atom. The van der Waals surface area contributed by atoms with Gasteiger partial charge in [-0.2, -0.15) is 0 Å².